The third kappa shape index (κ3) is 4.38. The van der Waals surface area contributed by atoms with Gasteiger partial charge in [0.2, 0.25) is 5.91 Å². The third-order valence-electron chi connectivity index (χ3n) is 2.23. The lowest BCUT2D eigenvalue weighted by molar-refractivity contribution is -0.402. The number of nitrogens with zero attached hydrogens (tertiary/aromatic N) is 1. The molecule has 1 aromatic heterocycles. The van der Waals surface area contributed by atoms with Crippen molar-refractivity contribution in [3.8, 4) is 0 Å². The van der Waals surface area contributed by atoms with Crippen LogP contribution in [0.25, 0.3) is 0 Å². The van der Waals surface area contributed by atoms with E-state index in [0.717, 1.165) is 6.07 Å². The van der Waals surface area contributed by atoms with Gasteiger partial charge in [-0.1, -0.05) is 0 Å². The van der Waals surface area contributed by atoms with Gasteiger partial charge in [0.15, 0.2) is 5.76 Å². The number of nitro groups is 1. The maximum Gasteiger partial charge on any atom is 0.433 e. The molecule has 110 valence electrons. The lowest BCUT2D eigenvalue weighted by Gasteiger charge is -2.23. The zero-order valence-corrected chi connectivity index (χ0v) is 11.7. The Hall–Kier alpha value is -2.38. The number of rotatable bonds is 4. The van der Waals surface area contributed by atoms with Gasteiger partial charge in [-0.25, -0.2) is 0 Å². The summed E-state index contributed by atoms with van der Waals surface area (Å²) in [6.45, 7) is 6.95. The number of furan rings is 1. The van der Waals surface area contributed by atoms with E-state index in [-0.39, 0.29) is 11.7 Å². The van der Waals surface area contributed by atoms with E-state index in [0.29, 0.717) is 0 Å². The Morgan fingerprint density at radius 3 is 2.40 bits per heavy atom. The molecule has 0 aromatic carbocycles. The smallest absolute Gasteiger partial charge is 0.395 e. The second-order valence-corrected chi connectivity index (χ2v) is 5.33. The summed E-state index contributed by atoms with van der Waals surface area (Å²) in [6, 6.07) is 1.47. The van der Waals surface area contributed by atoms with Gasteiger partial charge in [0, 0.05) is 5.54 Å². The molecule has 2 amide bonds. The minimum atomic E-state index is -0.786. The molecule has 0 radical (unpaired) electrons. The molecular weight excluding hydrogens is 266 g/mol. The highest BCUT2D eigenvalue weighted by atomic mass is 16.6. The molecule has 8 nitrogen and oxygen atoms in total. The molecule has 1 aromatic rings. The number of hydrogen-bond acceptors (Lipinski definition) is 5. The molecule has 0 bridgehead atoms. The average molecular weight is 283 g/mol. The fourth-order valence-corrected chi connectivity index (χ4v) is 1.36. The topological polar surface area (TPSA) is 114 Å². The van der Waals surface area contributed by atoms with Crippen molar-refractivity contribution in [2.45, 2.75) is 39.3 Å². The maximum absolute atomic E-state index is 11.8. The number of amides is 2. The van der Waals surface area contributed by atoms with Crippen LogP contribution in [0, 0.1) is 10.1 Å². The quantitative estimate of drug-likeness (QED) is 0.637. The van der Waals surface area contributed by atoms with Crippen molar-refractivity contribution in [2.24, 2.45) is 0 Å². The zero-order valence-electron chi connectivity index (χ0n) is 11.7. The first-order valence-corrected chi connectivity index (χ1v) is 5.97. The van der Waals surface area contributed by atoms with Crippen LogP contribution in [0.4, 0.5) is 5.88 Å². The molecule has 2 N–H and O–H groups in total. The van der Waals surface area contributed by atoms with Crippen LogP contribution in [0.2, 0.25) is 0 Å². The number of nitrogens with one attached hydrogen (secondary N) is 2. The molecule has 1 rings (SSSR count). The summed E-state index contributed by atoms with van der Waals surface area (Å²) in [4.78, 5) is 33.2. The monoisotopic (exact) mass is 283 g/mol. The Bertz CT molecular complexity index is 529. The van der Waals surface area contributed by atoms with Crippen LogP contribution in [-0.2, 0) is 4.79 Å². The minimum Gasteiger partial charge on any atom is -0.395 e. The van der Waals surface area contributed by atoms with Gasteiger partial charge in [-0.05, 0) is 33.8 Å². The molecule has 0 aliphatic rings. The molecule has 20 heavy (non-hydrogen) atoms. The van der Waals surface area contributed by atoms with E-state index in [1.54, 1.807) is 0 Å². The summed E-state index contributed by atoms with van der Waals surface area (Å²) in [6.07, 6.45) is 0. The lowest BCUT2D eigenvalue weighted by Crippen LogP contribution is -2.50. The standard InChI is InChI=1S/C12H17N3O5/c1-7(10(16)14-12(2,3)4)13-11(17)8-5-6-9(20-8)15(18)19/h5-7H,1-4H3,(H,13,17)(H,14,16). The first kappa shape index (κ1) is 15.7. The van der Waals surface area contributed by atoms with Crippen LogP contribution >= 0.6 is 0 Å². The van der Waals surface area contributed by atoms with E-state index in [1.807, 2.05) is 20.8 Å². The van der Waals surface area contributed by atoms with E-state index in [9.17, 15) is 19.7 Å². The van der Waals surface area contributed by atoms with Gasteiger partial charge in [-0.15, -0.1) is 0 Å². The molecule has 0 saturated heterocycles. The van der Waals surface area contributed by atoms with Crippen molar-refractivity contribution >= 4 is 17.7 Å². The van der Waals surface area contributed by atoms with Gasteiger partial charge in [-0.3, -0.25) is 19.7 Å². The van der Waals surface area contributed by atoms with Gasteiger partial charge < -0.3 is 15.1 Å². The van der Waals surface area contributed by atoms with E-state index < -0.39 is 28.3 Å². The van der Waals surface area contributed by atoms with Gasteiger partial charge in [0.05, 0.1) is 6.07 Å². The molecule has 0 saturated carbocycles. The zero-order chi connectivity index (χ0) is 15.5. The van der Waals surface area contributed by atoms with Crippen molar-refractivity contribution in [1.82, 2.24) is 10.6 Å². The number of hydrogen-bond donors (Lipinski definition) is 2. The summed E-state index contributed by atoms with van der Waals surface area (Å²) in [7, 11) is 0. The second kappa shape index (κ2) is 5.72. The summed E-state index contributed by atoms with van der Waals surface area (Å²) in [5.41, 5.74) is -0.417. The lowest BCUT2D eigenvalue weighted by atomic mass is 10.1. The Morgan fingerprint density at radius 2 is 1.95 bits per heavy atom. The molecule has 0 spiro atoms. The van der Waals surface area contributed by atoms with E-state index >= 15 is 0 Å². The number of carbonyl (C=O) groups is 2. The fraction of sp³-hybridized carbons (Fsp3) is 0.500. The predicted molar refractivity (Wildman–Crippen MR) is 70.2 cm³/mol. The molecular formula is C12H17N3O5. The van der Waals surface area contributed by atoms with Crippen LogP contribution in [0.1, 0.15) is 38.2 Å². The molecule has 0 aliphatic carbocycles. The Kier molecular flexibility index (Phi) is 4.49. The number of carbonyl (C=O) groups excluding carboxylic acids is 2. The highest BCUT2D eigenvalue weighted by Crippen LogP contribution is 2.15. The summed E-state index contributed by atoms with van der Waals surface area (Å²) in [5, 5.41) is 15.6. The van der Waals surface area contributed by atoms with Crippen LogP contribution < -0.4 is 10.6 Å². The highest BCUT2D eigenvalue weighted by molar-refractivity contribution is 5.95. The van der Waals surface area contributed by atoms with E-state index in [4.69, 9.17) is 4.42 Å². The SMILES string of the molecule is CC(NC(=O)c1ccc([N+](=O)[O-])o1)C(=O)NC(C)(C)C. The fourth-order valence-electron chi connectivity index (χ4n) is 1.36. The molecule has 1 heterocycles. The van der Waals surface area contributed by atoms with Gasteiger partial charge >= 0.3 is 5.88 Å². The first-order chi connectivity index (χ1) is 9.10. The Morgan fingerprint density at radius 1 is 1.35 bits per heavy atom. The molecule has 0 aliphatic heterocycles. The predicted octanol–water partition coefficient (Wildman–Crippen LogP) is 1.22. The molecule has 8 heteroatoms. The Labute approximate surface area is 115 Å². The van der Waals surface area contributed by atoms with Gasteiger partial charge in [0.1, 0.15) is 11.0 Å². The van der Waals surface area contributed by atoms with Crippen LogP contribution in [0.5, 0.6) is 0 Å². The van der Waals surface area contributed by atoms with Crippen molar-refractivity contribution in [2.75, 3.05) is 0 Å². The normalized spacial score (nSPS) is 12.6. The second-order valence-electron chi connectivity index (χ2n) is 5.33. The molecule has 1 unspecified atom stereocenters. The van der Waals surface area contributed by atoms with Crippen LogP contribution in [0.15, 0.2) is 16.5 Å². The van der Waals surface area contributed by atoms with Gasteiger partial charge in [0.25, 0.3) is 5.91 Å². The van der Waals surface area contributed by atoms with Crippen molar-refractivity contribution in [1.29, 1.82) is 0 Å². The van der Waals surface area contributed by atoms with Crippen molar-refractivity contribution in [3.63, 3.8) is 0 Å². The van der Waals surface area contributed by atoms with Crippen molar-refractivity contribution < 1.29 is 18.9 Å². The minimum absolute atomic E-state index is 0.216. The van der Waals surface area contributed by atoms with E-state index in [2.05, 4.69) is 10.6 Å². The molecule has 0 fully saturated rings. The van der Waals surface area contributed by atoms with Crippen LogP contribution in [-0.4, -0.2) is 28.3 Å². The summed E-state index contributed by atoms with van der Waals surface area (Å²) in [5.74, 6) is -1.78. The van der Waals surface area contributed by atoms with Crippen molar-refractivity contribution in [3.05, 3.63) is 28.0 Å². The average Bonchev–Trinajstić information content (AvgIpc) is 2.75. The van der Waals surface area contributed by atoms with Gasteiger partial charge in [-0.2, -0.15) is 0 Å². The maximum atomic E-state index is 11.8. The largest absolute Gasteiger partial charge is 0.433 e. The third-order valence-corrected chi connectivity index (χ3v) is 2.23. The first-order valence-electron chi connectivity index (χ1n) is 5.97. The summed E-state index contributed by atoms with van der Waals surface area (Å²) >= 11 is 0. The Balaban J connectivity index is 2.65. The van der Waals surface area contributed by atoms with E-state index in [1.165, 1.54) is 13.0 Å². The highest BCUT2D eigenvalue weighted by Gasteiger charge is 2.23. The van der Waals surface area contributed by atoms with Crippen LogP contribution in [0.3, 0.4) is 0 Å². The summed E-state index contributed by atoms with van der Waals surface area (Å²) < 4.78 is 4.75. The molecule has 1 atom stereocenters.